The summed E-state index contributed by atoms with van der Waals surface area (Å²) in [7, 11) is 2.14. The largest absolute Gasteiger partial charge is 0.302 e. The van der Waals surface area contributed by atoms with Gasteiger partial charge in [0.15, 0.2) is 0 Å². The average molecular weight is 185 g/mol. The van der Waals surface area contributed by atoms with Gasteiger partial charge in [-0.2, -0.15) is 0 Å². The maximum atomic E-state index is 2.30. The van der Waals surface area contributed by atoms with Crippen LogP contribution in [0.2, 0.25) is 0 Å². The fourth-order valence-electron chi connectivity index (χ4n) is 0.780. The zero-order valence-corrected chi connectivity index (χ0v) is 9.32. The van der Waals surface area contributed by atoms with Gasteiger partial charge in [-0.1, -0.05) is 26.8 Å². The standard InChI is InChI=1S/C8H13NS.C2H6/c1-3-9(2)7-8-5-4-6-10-8;1-2/h4-6H,3,7H2,1-2H3;1-2H3. The van der Waals surface area contributed by atoms with E-state index in [1.165, 1.54) is 4.88 Å². The zero-order chi connectivity index (χ0) is 9.40. The fourth-order valence-corrected chi connectivity index (χ4v) is 1.56. The van der Waals surface area contributed by atoms with E-state index in [2.05, 4.69) is 36.4 Å². The normalized spacial score (nSPS) is 9.42. The first-order chi connectivity index (χ1) is 5.83. The Morgan fingerprint density at radius 1 is 1.42 bits per heavy atom. The van der Waals surface area contributed by atoms with E-state index in [4.69, 9.17) is 0 Å². The van der Waals surface area contributed by atoms with Crippen molar-refractivity contribution in [3.63, 3.8) is 0 Å². The van der Waals surface area contributed by atoms with E-state index in [0.29, 0.717) is 0 Å². The first-order valence-electron chi connectivity index (χ1n) is 4.54. The predicted octanol–water partition coefficient (Wildman–Crippen LogP) is 3.23. The van der Waals surface area contributed by atoms with Crippen molar-refractivity contribution < 1.29 is 0 Å². The molecule has 0 aliphatic carbocycles. The molecule has 0 bridgehead atoms. The molecule has 1 heterocycles. The molecule has 0 aromatic carbocycles. The van der Waals surface area contributed by atoms with Crippen LogP contribution < -0.4 is 0 Å². The molecular formula is C10H19NS. The summed E-state index contributed by atoms with van der Waals surface area (Å²) in [6.07, 6.45) is 0. The van der Waals surface area contributed by atoms with Gasteiger partial charge in [-0.3, -0.25) is 0 Å². The molecule has 2 heteroatoms. The Kier molecular flexibility index (Phi) is 7.11. The Labute approximate surface area is 80.0 Å². The molecule has 0 fully saturated rings. The van der Waals surface area contributed by atoms with Crippen molar-refractivity contribution in [3.05, 3.63) is 22.4 Å². The highest BCUT2D eigenvalue weighted by Crippen LogP contribution is 2.09. The number of rotatable bonds is 3. The summed E-state index contributed by atoms with van der Waals surface area (Å²) in [4.78, 5) is 3.75. The van der Waals surface area contributed by atoms with Crippen molar-refractivity contribution in [2.75, 3.05) is 13.6 Å². The lowest BCUT2D eigenvalue weighted by molar-refractivity contribution is 0.349. The van der Waals surface area contributed by atoms with Crippen LogP contribution in [0.3, 0.4) is 0 Å². The second-order valence-corrected chi connectivity index (χ2v) is 3.44. The summed E-state index contributed by atoms with van der Waals surface area (Å²) >= 11 is 1.82. The Hall–Kier alpha value is -0.340. The van der Waals surface area contributed by atoms with E-state index in [1.54, 1.807) is 0 Å². The highest BCUT2D eigenvalue weighted by molar-refractivity contribution is 7.09. The molecule has 0 amide bonds. The van der Waals surface area contributed by atoms with E-state index in [0.717, 1.165) is 13.1 Å². The lowest BCUT2D eigenvalue weighted by Gasteiger charge is -2.11. The maximum absolute atomic E-state index is 2.30. The molecule has 0 atom stereocenters. The van der Waals surface area contributed by atoms with Crippen molar-refractivity contribution >= 4 is 11.3 Å². The van der Waals surface area contributed by atoms with Crippen molar-refractivity contribution in [1.29, 1.82) is 0 Å². The summed E-state index contributed by atoms with van der Waals surface area (Å²) < 4.78 is 0. The topological polar surface area (TPSA) is 3.24 Å². The number of thiophene rings is 1. The third-order valence-electron chi connectivity index (χ3n) is 1.55. The Bertz CT molecular complexity index is 170. The quantitative estimate of drug-likeness (QED) is 0.699. The molecule has 0 N–H and O–H groups in total. The minimum Gasteiger partial charge on any atom is -0.302 e. The first-order valence-corrected chi connectivity index (χ1v) is 5.42. The average Bonchev–Trinajstić information content (AvgIpc) is 2.60. The lowest BCUT2D eigenvalue weighted by Crippen LogP contribution is -2.15. The van der Waals surface area contributed by atoms with Gasteiger partial charge in [0.2, 0.25) is 0 Å². The molecule has 70 valence electrons. The number of nitrogens with zero attached hydrogens (tertiary/aromatic N) is 1. The summed E-state index contributed by atoms with van der Waals surface area (Å²) in [6.45, 7) is 8.39. The van der Waals surface area contributed by atoms with Gasteiger partial charge in [0, 0.05) is 11.4 Å². The van der Waals surface area contributed by atoms with Crippen LogP contribution in [-0.2, 0) is 6.54 Å². The van der Waals surface area contributed by atoms with Gasteiger partial charge in [-0.25, -0.2) is 0 Å². The third-order valence-corrected chi connectivity index (χ3v) is 2.41. The van der Waals surface area contributed by atoms with E-state index in [1.807, 2.05) is 25.2 Å². The van der Waals surface area contributed by atoms with E-state index < -0.39 is 0 Å². The molecule has 1 nitrogen and oxygen atoms in total. The van der Waals surface area contributed by atoms with Crippen LogP contribution in [0.5, 0.6) is 0 Å². The van der Waals surface area contributed by atoms with Crippen LogP contribution in [-0.4, -0.2) is 18.5 Å². The minimum absolute atomic E-state index is 1.09. The van der Waals surface area contributed by atoms with Crippen LogP contribution >= 0.6 is 11.3 Å². The fraction of sp³-hybridized carbons (Fsp3) is 0.600. The van der Waals surface area contributed by atoms with Crippen LogP contribution in [0, 0.1) is 0 Å². The molecule has 0 spiro atoms. The molecular weight excluding hydrogens is 166 g/mol. The van der Waals surface area contributed by atoms with Gasteiger partial charge in [0.1, 0.15) is 0 Å². The van der Waals surface area contributed by atoms with Crippen LogP contribution in [0.1, 0.15) is 25.6 Å². The molecule has 12 heavy (non-hydrogen) atoms. The second-order valence-electron chi connectivity index (χ2n) is 2.41. The molecule has 0 aliphatic rings. The minimum atomic E-state index is 1.09. The monoisotopic (exact) mass is 185 g/mol. The van der Waals surface area contributed by atoms with Gasteiger partial charge in [0.05, 0.1) is 0 Å². The third kappa shape index (κ3) is 4.52. The molecule has 0 radical (unpaired) electrons. The molecule has 1 rings (SSSR count). The SMILES string of the molecule is CC.CCN(C)Cc1cccs1. The summed E-state index contributed by atoms with van der Waals surface area (Å²) in [6, 6.07) is 4.28. The van der Waals surface area contributed by atoms with E-state index in [-0.39, 0.29) is 0 Å². The Morgan fingerprint density at radius 3 is 2.50 bits per heavy atom. The predicted molar refractivity (Wildman–Crippen MR) is 57.7 cm³/mol. The van der Waals surface area contributed by atoms with E-state index >= 15 is 0 Å². The molecule has 0 unspecified atom stereocenters. The smallest absolute Gasteiger partial charge is 0.0324 e. The van der Waals surface area contributed by atoms with E-state index in [9.17, 15) is 0 Å². The van der Waals surface area contributed by atoms with Gasteiger partial charge in [0.25, 0.3) is 0 Å². The van der Waals surface area contributed by atoms with Crippen LogP contribution in [0.15, 0.2) is 17.5 Å². The molecule has 1 aromatic rings. The zero-order valence-electron chi connectivity index (χ0n) is 8.50. The highest BCUT2D eigenvalue weighted by Gasteiger charge is 1.96. The Morgan fingerprint density at radius 2 is 2.08 bits per heavy atom. The van der Waals surface area contributed by atoms with Crippen molar-refractivity contribution in [2.45, 2.75) is 27.3 Å². The maximum Gasteiger partial charge on any atom is 0.0324 e. The molecule has 0 saturated carbocycles. The summed E-state index contributed by atoms with van der Waals surface area (Å²) in [5.74, 6) is 0. The molecule has 1 aromatic heterocycles. The van der Waals surface area contributed by atoms with Crippen molar-refractivity contribution in [1.82, 2.24) is 4.90 Å². The molecule has 0 aliphatic heterocycles. The second kappa shape index (κ2) is 7.32. The van der Waals surface area contributed by atoms with Crippen LogP contribution in [0.25, 0.3) is 0 Å². The lowest BCUT2D eigenvalue weighted by atomic mass is 10.4. The van der Waals surface area contributed by atoms with Gasteiger partial charge >= 0.3 is 0 Å². The first kappa shape index (κ1) is 11.7. The van der Waals surface area contributed by atoms with Gasteiger partial charge in [-0.05, 0) is 25.0 Å². The molecule has 0 saturated heterocycles. The van der Waals surface area contributed by atoms with Crippen LogP contribution in [0.4, 0.5) is 0 Å². The number of hydrogen-bond donors (Lipinski definition) is 0. The van der Waals surface area contributed by atoms with Gasteiger partial charge < -0.3 is 4.90 Å². The Balaban J connectivity index is 0.000000561. The summed E-state index contributed by atoms with van der Waals surface area (Å²) in [5.41, 5.74) is 0. The van der Waals surface area contributed by atoms with Crippen molar-refractivity contribution in [2.24, 2.45) is 0 Å². The summed E-state index contributed by atoms with van der Waals surface area (Å²) in [5, 5.41) is 2.12. The highest BCUT2D eigenvalue weighted by atomic mass is 32.1. The number of hydrogen-bond acceptors (Lipinski definition) is 2. The van der Waals surface area contributed by atoms with Crippen molar-refractivity contribution in [3.8, 4) is 0 Å². The van der Waals surface area contributed by atoms with Gasteiger partial charge in [-0.15, -0.1) is 11.3 Å².